The Labute approximate surface area is 136 Å². The fraction of sp³-hybridized carbons (Fsp3) is 0.300. The second-order valence-corrected chi connectivity index (χ2v) is 6.12. The van der Waals surface area contributed by atoms with Gasteiger partial charge >= 0.3 is 5.97 Å². The molecule has 0 aliphatic heterocycles. The zero-order valence-electron chi connectivity index (χ0n) is 13.6. The lowest BCUT2D eigenvalue weighted by atomic mass is 9.65. The van der Waals surface area contributed by atoms with Crippen LogP contribution < -0.4 is 0 Å². The van der Waals surface area contributed by atoms with Gasteiger partial charge in [-0.3, -0.25) is 9.59 Å². The van der Waals surface area contributed by atoms with Crippen molar-refractivity contribution in [3.05, 3.63) is 70.8 Å². The van der Waals surface area contributed by atoms with Gasteiger partial charge in [0.2, 0.25) is 0 Å². The maximum Gasteiger partial charge on any atom is 0.317 e. The summed E-state index contributed by atoms with van der Waals surface area (Å²) < 4.78 is 4.96. The van der Waals surface area contributed by atoms with Gasteiger partial charge in [-0.05, 0) is 29.5 Å². The number of esters is 1. The zero-order valence-corrected chi connectivity index (χ0v) is 13.6. The highest BCUT2D eigenvalue weighted by atomic mass is 16.5. The predicted octanol–water partition coefficient (Wildman–Crippen LogP) is 3.87. The van der Waals surface area contributed by atoms with E-state index >= 15 is 0 Å². The van der Waals surface area contributed by atoms with Gasteiger partial charge in [0.1, 0.15) is 5.92 Å². The van der Waals surface area contributed by atoms with E-state index in [-0.39, 0.29) is 17.6 Å². The zero-order chi connectivity index (χ0) is 16.6. The van der Waals surface area contributed by atoms with E-state index in [2.05, 4.69) is 6.92 Å². The summed E-state index contributed by atoms with van der Waals surface area (Å²) in [5.41, 5.74) is 3.77. The highest BCUT2D eigenvalue weighted by Crippen LogP contribution is 2.46. The average Bonchev–Trinajstić information content (AvgIpc) is 2.58. The summed E-state index contributed by atoms with van der Waals surface area (Å²) in [5, 5.41) is 0. The molecule has 0 unspecified atom stereocenters. The molecule has 2 aromatic carbocycles. The van der Waals surface area contributed by atoms with Crippen molar-refractivity contribution in [2.75, 3.05) is 7.11 Å². The summed E-state index contributed by atoms with van der Waals surface area (Å²) >= 11 is 0. The van der Waals surface area contributed by atoms with E-state index in [0.717, 1.165) is 16.7 Å². The molecule has 3 atom stereocenters. The van der Waals surface area contributed by atoms with Crippen molar-refractivity contribution in [3.8, 4) is 0 Å². The fourth-order valence-electron chi connectivity index (χ4n) is 3.72. The number of ketones is 1. The monoisotopic (exact) mass is 308 g/mol. The van der Waals surface area contributed by atoms with Crippen molar-refractivity contribution in [2.45, 2.75) is 25.7 Å². The minimum Gasteiger partial charge on any atom is -0.468 e. The van der Waals surface area contributed by atoms with Crippen LogP contribution in [0, 0.1) is 12.8 Å². The van der Waals surface area contributed by atoms with Crippen LogP contribution in [0.1, 0.15) is 45.8 Å². The molecule has 0 radical (unpaired) electrons. The van der Waals surface area contributed by atoms with E-state index in [4.69, 9.17) is 4.74 Å². The van der Waals surface area contributed by atoms with Gasteiger partial charge in [0.15, 0.2) is 5.78 Å². The summed E-state index contributed by atoms with van der Waals surface area (Å²) in [6.07, 6.45) is 0. The number of carbonyl (C=O) groups is 2. The Morgan fingerprint density at radius 1 is 1.00 bits per heavy atom. The van der Waals surface area contributed by atoms with Crippen molar-refractivity contribution >= 4 is 11.8 Å². The molecule has 2 aromatic rings. The Morgan fingerprint density at radius 3 is 2.26 bits per heavy atom. The van der Waals surface area contributed by atoms with Gasteiger partial charge in [0.25, 0.3) is 0 Å². The maximum absolute atomic E-state index is 13.0. The second kappa shape index (κ2) is 5.99. The molecule has 3 nitrogen and oxygen atoms in total. The molecule has 0 heterocycles. The normalized spacial score (nSPS) is 23.3. The fourth-order valence-corrected chi connectivity index (χ4v) is 3.72. The standard InChI is InChI=1S/C20H20O3/c1-12-8-4-5-9-14(12)17-13(2)15-10-6-7-11-16(15)19(21)18(17)20(22)23-3/h4-11,13,17-18H,1-3H3/t13-,17+,18-/m1/s1. The number of carbonyl (C=O) groups excluding carboxylic acids is 2. The number of rotatable bonds is 2. The lowest BCUT2D eigenvalue weighted by Gasteiger charge is -2.36. The first-order valence-corrected chi connectivity index (χ1v) is 7.82. The van der Waals surface area contributed by atoms with E-state index < -0.39 is 11.9 Å². The minimum atomic E-state index is -0.786. The molecule has 0 N–H and O–H groups in total. The Balaban J connectivity index is 2.21. The predicted molar refractivity (Wildman–Crippen MR) is 88.6 cm³/mol. The number of ether oxygens (including phenoxy) is 1. The average molecular weight is 308 g/mol. The van der Waals surface area contributed by atoms with Crippen LogP contribution in [0.4, 0.5) is 0 Å². The van der Waals surface area contributed by atoms with E-state index in [1.807, 2.05) is 49.4 Å². The van der Waals surface area contributed by atoms with Crippen LogP contribution in [0.15, 0.2) is 48.5 Å². The summed E-state index contributed by atoms with van der Waals surface area (Å²) in [6.45, 7) is 4.10. The quantitative estimate of drug-likeness (QED) is 0.625. The van der Waals surface area contributed by atoms with Gasteiger partial charge in [0, 0.05) is 11.5 Å². The van der Waals surface area contributed by atoms with E-state index in [1.165, 1.54) is 7.11 Å². The van der Waals surface area contributed by atoms with E-state index in [9.17, 15) is 9.59 Å². The second-order valence-electron chi connectivity index (χ2n) is 6.12. The highest BCUT2D eigenvalue weighted by Gasteiger charge is 2.45. The molecule has 3 heteroatoms. The van der Waals surface area contributed by atoms with Crippen LogP contribution in [0.25, 0.3) is 0 Å². The number of Topliss-reactive ketones (excluding diaryl/α,β-unsaturated/α-hetero) is 1. The summed E-state index contributed by atoms with van der Waals surface area (Å²) in [5.74, 6) is -1.52. The smallest absolute Gasteiger partial charge is 0.317 e. The molecule has 3 rings (SSSR count). The van der Waals surface area contributed by atoms with Crippen molar-refractivity contribution in [3.63, 3.8) is 0 Å². The molecule has 1 aliphatic rings. The Morgan fingerprint density at radius 2 is 1.61 bits per heavy atom. The van der Waals surface area contributed by atoms with Gasteiger partial charge < -0.3 is 4.74 Å². The van der Waals surface area contributed by atoms with E-state index in [1.54, 1.807) is 6.07 Å². The highest BCUT2D eigenvalue weighted by molar-refractivity contribution is 6.11. The molecule has 23 heavy (non-hydrogen) atoms. The molecular weight excluding hydrogens is 288 g/mol. The first-order valence-electron chi connectivity index (χ1n) is 7.82. The number of hydrogen-bond donors (Lipinski definition) is 0. The molecule has 0 spiro atoms. The molecular formula is C20H20O3. The van der Waals surface area contributed by atoms with E-state index in [0.29, 0.717) is 5.56 Å². The summed E-state index contributed by atoms with van der Waals surface area (Å²) in [7, 11) is 1.34. The molecule has 0 saturated carbocycles. The van der Waals surface area contributed by atoms with Crippen LogP contribution in [-0.4, -0.2) is 18.9 Å². The van der Waals surface area contributed by atoms with Crippen molar-refractivity contribution in [1.29, 1.82) is 0 Å². The number of methoxy groups -OCH3 is 1. The number of aryl methyl sites for hydroxylation is 1. The van der Waals surface area contributed by atoms with Gasteiger partial charge in [-0.1, -0.05) is 55.5 Å². The van der Waals surface area contributed by atoms with Crippen molar-refractivity contribution in [1.82, 2.24) is 0 Å². The van der Waals surface area contributed by atoms with Crippen LogP contribution >= 0.6 is 0 Å². The molecule has 0 saturated heterocycles. The number of fused-ring (bicyclic) bond motifs is 1. The Bertz CT molecular complexity index is 763. The van der Waals surface area contributed by atoms with Gasteiger partial charge in [0.05, 0.1) is 7.11 Å². The first-order chi connectivity index (χ1) is 11.1. The van der Waals surface area contributed by atoms with Crippen LogP contribution in [0.3, 0.4) is 0 Å². The minimum absolute atomic E-state index is 0.0640. The van der Waals surface area contributed by atoms with Crippen LogP contribution in [-0.2, 0) is 9.53 Å². The molecule has 1 aliphatic carbocycles. The molecule has 0 bridgehead atoms. The summed E-state index contributed by atoms with van der Waals surface area (Å²) in [4.78, 5) is 25.3. The topological polar surface area (TPSA) is 43.4 Å². The lowest BCUT2D eigenvalue weighted by Crippen LogP contribution is -2.38. The van der Waals surface area contributed by atoms with Crippen molar-refractivity contribution in [2.24, 2.45) is 5.92 Å². The maximum atomic E-state index is 13.0. The molecule has 0 amide bonds. The van der Waals surface area contributed by atoms with Gasteiger partial charge in [-0.25, -0.2) is 0 Å². The third kappa shape index (κ3) is 2.46. The van der Waals surface area contributed by atoms with Crippen LogP contribution in [0.5, 0.6) is 0 Å². The third-order valence-electron chi connectivity index (χ3n) is 4.90. The molecule has 0 fully saturated rings. The van der Waals surface area contributed by atoms with Crippen molar-refractivity contribution < 1.29 is 14.3 Å². The van der Waals surface area contributed by atoms with Crippen LogP contribution in [0.2, 0.25) is 0 Å². The Kier molecular flexibility index (Phi) is 4.03. The third-order valence-corrected chi connectivity index (χ3v) is 4.90. The molecule has 118 valence electrons. The lowest BCUT2D eigenvalue weighted by molar-refractivity contribution is -0.144. The Hall–Kier alpha value is -2.42. The number of hydrogen-bond acceptors (Lipinski definition) is 3. The summed E-state index contributed by atoms with van der Waals surface area (Å²) in [6, 6.07) is 15.5. The van der Waals surface area contributed by atoms with Gasteiger partial charge in [-0.2, -0.15) is 0 Å². The molecule has 0 aromatic heterocycles. The number of benzene rings is 2. The largest absolute Gasteiger partial charge is 0.468 e. The SMILES string of the molecule is COC(=O)[C@H]1C(=O)c2ccccc2[C@@H](C)[C@H]1c1ccccc1C. The van der Waals surface area contributed by atoms with Gasteiger partial charge in [-0.15, -0.1) is 0 Å². The first kappa shape index (κ1) is 15.5.